The second kappa shape index (κ2) is 8.42. The van der Waals surface area contributed by atoms with Crippen LogP contribution < -0.4 is 15.6 Å². The molecule has 0 bridgehead atoms. The maximum Gasteiger partial charge on any atom is 0.416 e. The van der Waals surface area contributed by atoms with E-state index in [0.717, 1.165) is 24.3 Å². The number of nitrogens with one attached hydrogen (secondary N) is 1. The number of fused-ring (bicyclic) bond motifs is 1. The van der Waals surface area contributed by atoms with E-state index < -0.39 is 17.6 Å². The van der Waals surface area contributed by atoms with E-state index in [1.54, 1.807) is 49.4 Å². The second-order valence-corrected chi connectivity index (χ2v) is 7.23. The van der Waals surface area contributed by atoms with Gasteiger partial charge in [-0.1, -0.05) is 12.1 Å². The summed E-state index contributed by atoms with van der Waals surface area (Å²) >= 11 is 0. The van der Waals surface area contributed by atoms with E-state index in [4.69, 9.17) is 4.74 Å². The molecular weight excluding hydrogens is 435 g/mol. The van der Waals surface area contributed by atoms with Crippen LogP contribution in [-0.2, 0) is 6.18 Å². The lowest BCUT2D eigenvalue weighted by atomic mass is 10.1. The van der Waals surface area contributed by atoms with E-state index >= 15 is 0 Å². The SMILES string of the molecule is COc1cc(-n2c(C)nc3ccccc3c2=O)ccc1NC(=O)c1ccc(C(F)(F)F)cc1. The highest BCUT2D eigenvalue weighted by Crippen LogP contribution is 2.30. The Balaban J connectivity index is 1.66. The van der Waals surface area contributed by atoms with E-state index in [2.05, 4.69) is 10.3 Å². The second-order valence-electron chi connectivity index (χ2n) is 7.23. The molecule has 33 heavy (non-hydrogen) atoms. The van der Waals surface area contributed by atoms with Gasteiger partial charge in [-0.3, -0.25) is 14.2 Å². The first-order valence-corrected chi connectivity index (χ1v) is 9.84. The van der Waals surface area contributed by atoms with Gasteiger partial charge in [-0.2, -0.15) is 13.2 Å². The molecule has 4 rings (SSSR count). The number of nitrogens with zero attached hydrogens (tertiary/aromatic N) is 2. The lowest BCUT2D eigenvalue weighted by Crippen LogP contribution is -2.22. The zero-order chi connectivity index (χ0) is 23.8. The van der Waals surface area contributed by atoms with Gasteiger partial charge in [0.2, 0.25) is 0 Å². The highest BCUT2D eigenvalue weighted by Gasteiger charge is 2.30. The van der Waals surface area contributed by atoms with Crippen LogP contribution in [0.4, 0.5) is 18.9 Å². The zero-order valence-corrected chi connectivity index (χ0v) is 17.6. The van der Waals surface area contributed by atoms with Crippen LogP contribution in [-0.4, -0.2) is 22.6 Å². The summed E-state index contributed by atoms with van der Waals surface area (Å²) in [5.41, 5.74) is 0.335. The van der Waals surface area contributed by atoms with Gasteiger partial charge in [0.05, 0.1) is 35.0 Å². The van der Waals surface area contributed by atoms with Crippen LogP contribution in [0.3, 0.4) is 0 Å². The number of halogens is 3. The number of amides is 1. The summed E-state index contributed by atoms with van der Waals surface area (Å²) < 4.78 is 45.0. The topological polar surface area (TPSA) is 73.2 Å². The molecule has 0 aliphatic rings. The number of benzene rings is 3. The number of para-hydroxylation sites is 1. The van der Waals surface area contributed by atoms with Crippen molar-refractivity contribution in [3.05, 3.63) is 94.0 Å². The van der Waals surface area contributed by atoms with Gasteiger partial charge in [-0.05, 0) is 55.5 Å². The Morgan fingerprint density at radius 1 is 1.03 bits per heavy atom. The van der Waals surface area contributed by atoms with Crippen molar-refractivity contribution >= 4 is 22.5 Å². The molecule has 0 atom stereocenters. The maximum atomic E-state index is 13.0. The molecule has 1 amide bonds. The molecule has 0 unspecified atom stereocenters. The minimum atomic E-state index is -4.48. The van der Waals surface area contributed by atoms with E-state index in [0.29, 0.717) is 28.1 Å². The maximum absolute atomic E-state index is 13.0. The van der Waals surface area contributed by atoms with Crippen molar-refractivity contribution in [3.63, 3.8) is 0 Å². The predicted octanol–water partition coefficient (Wildman–Crippen LogP) is 4.97. The van der Waals surface area contributed by atoms with Crippen molar-refractivity contribution in [1.29, 1.82) is 0 Å². The first kappa shape index (κ1) is 22.1. The standard InChI is InChI=1S/C24H18F3N3O3/c1-14-28-19-6-4-3-5-18(19)23(32)30(14)17-11-12-20(21(13-17)33-2)29-22(31)15-7-9-16(10-8-15)24(25,26)27/h3-13H,1-2H3,(H,29,31). The molecule has 0 fully saturated rings. The molecule has 1 heterocycles. The summed E-state index contributed by atoms with van der Waals surface area (Å²) in [5.74, 6) is 0.144. The van der Waals surface area contributed by atoms with Crippen molar-refractivity contribution < 1.29 is 22.7 Å². The van der Waals surface area contributed by atoms with Crippen LogP contribution in [0.15, 0.2) is 71.5 Å². The summed E-state index contributed by atoms with van der Waals surface area (Å²) in [6.07, 6.45) is -4.48. The molecule has 1 N–H and O–H groups in total. The van der Waals surface area contributed by atoms with Crippen molar-refractivity contribution in [2.45, 2.75) is 13.1 Å². The number of alkyl halides is 3. The van der Waals surface area contributed by atoms with Crippen molar-refractivity contribution in [1.82, 2.24) is 9.55 Å². The molecule has 168 valence electrons. The van der Waals surface area contributed by atoms with Crippen LogP contribution in [0.1, 0.15) is 21.7 Å². The Morgan fingerprint density at radius 2 is 1.73 bits per heavy atom. The predicted molar refractivity (Wildman–Crippen MR) is 118 cm³/mol. The summed E-state index contributed by atoms with van der Waals surface area (Å²) in [6, 6.07) is 15.6. The molecule has 1 aromatic heterocycles. The number of anilines is 1. The lowest BCUT2D eigenvalue weighted by Gasteiger charge is -2.15. The van der Waals surface area contributed by atoms with E-state index in [1.165, 1.54) is 11.7 Å². The molecule has 9 heteroatoms. The minimum absolute atomic E-state index is 0.0555. The third kappa shape index (κ3) is 4.30. The first-order valence-electron chi connectivity index (χ1n) is 9.84. The van der Waals surface area contributed by atoms with Crippen LogP contribution in [0.5, 0.6) is 5.75 Å². The van der Waals surface area contributed by atoms with Crippen molar-refractivity contribution in [3.8, 4) is 11.4 Å². The number of carbonyl (C=O) groups excluding carboxylic acids is 1. The van der Waals surface area contributed by atoms with Gasteiger partial charge in [-0.25, -0.2) is 4.98 Å². The third-order valence-electron chi connectivity index (χ3n) is 5.11. The van der Waals surface area contributed by atoms with Crippen molar-refractivity contribution in [2.24, 2.45) is 0 Å². The molecule has 0 saturated carbocycles. The Morgan fingerprint density at radius 3 is 2.39 bits per heavy atom. The number of aromatic nitrogens is 2. The summed E-state index contributed by atoms with van der Waals surface area (Å²) in [5, 5.41) is 3.09. The van der Waals surface area contributed by atoms with Crippen LogP contribution in [0.25, 0.3) is 16.6 Å². The average molecular weight is 453 g/mol. The van der Waals surface area contributed by atoms with Gasteiger partial charge in [-0.15, -0.1) is 0 Å². The zero-order valence-electron chi connectivity index (χ0n) is 17.6. The quantitative estimate of drug-likeness (QED) is 0.473. The fourth-order valence-corrected chi connectivity index (χ4v) is 3.48. The molecular formula is C24H18F3N3O3. The number of aryl methyl sites for hydroxylation is 1. The highest BCUT2D eigenvalue weighted by atomic mass is 19.4. The summed E-state index contributed by atoms with van der Waals surface area (Å²) in [4.78, 5) is 30.0. The Kier molecular flexibility index (Phi) is 5.63. The fraction of sp³-hybridized carbons (Fsp3) is 0.125. The molecule has 6 nitrogen and oxygen atoms in total. The number of hydrogen-bond donors (Lipinski definition) is 1. The average Bonchev–Trinajstić information content (AvgIpc) is 2.79. The summed E-state index contributed by atoms with van der Waals surface area (Å²) in [7, 11) is 1.40. The highest BCUT2D eigenvalue weighted by molar-refractivity contribution is 6.05. The Labute approximate surface area is 186 Å². The summed E-state index contributed by atoms with van der Waals surface area (Å²) in [6.45, 7) is 1.71. The number of carbonyl (C=O) groups is 1. The molecule has 0 spiro atoms. The molecule has 4 aromatic rings. The van der Waals surface area contributed by atoms with E-state index in [1.807, 2.05) is 0 Å². The number of hydrogen-bond acceptors (Lipinski definition) is 4. The van der Waals surface area contributed by atoms with E-state index in [-0.39, 0.29) is 16.9 Å². The third-order valence-corrected chi connectivity index (χ3v) is 5.11. The molecule has 0 radical (unpaired) electrons. The van der Waals surface area contributed by atoms with Gasteiger partial charge in [0.25, 0.3) is 11.5 Å². The molecule has 0 aliphatic heterocycles. The Hall–Kier alpha value is -4.14. The van der Waals surface area contributed by atoms with Gasteiger partial charge in [0.15, 0.2) is 0 Å². The fourth-order valence-electron chi connectivity index (χ4n) is 3.48. The van der Waals surface area contributed by atoms with Gasteiger partial charge < -0.3 is 10.1 Å². The molecule has 3 aromatic carbocycles. The molecule has 0 aliphatic carbocycles. The smallest absolute Gasteiger partial charge is 0.416 e. The van der Waals surface area contributed by atoms with Crippen LogP contribution in [0, 0.1) is 6.92 Å². The monoisotopic (exact) mass is 453 g/mol. The largest absolute Gasteiger partial charge is 0.494 e. The van der Waals surface area contributed by atoms with Crippen LogP contribution in [0.2, 0.25) is 0 Å². The minimum Gasteiger partial charge on any atom is -0.494 e. The number of methoxy groups -OCH3 is 1. The normalized spacial score (nSPS) is 11.4. The van der Waals surface area contributed by atoms with Crippen molar-refractivity contribution in [2.75, 3.05) is 12.4 Å². The first-order chi connectivity index (χ1) is 15.7. The molecule has 0 saturated heterocycles. The van der Waals surface area contributed by atoms with E-state index in [9.17, 15) is 22.8 Å². The van der Waals surface area contributed by atoms with Gasteiger partial charge in [0.1, 0.15) is 11.6 Å². The number of rotatable bonds is 4. The van der Waals surface area contributed by atoms with Gasteiger partial charge >= 0.3 is 6.18 Å². The van der Waals surface area contributed by atoms with Crippen LogP contribution >= 0.6 is 0 Å². The number of ether oxygens (including phenoxy) is 1. The Bertz CT molecular complexity index is 1410. The van der Waals surface area contributed by atoms with Gasteiger partial charge in [0, 0.05) is 11.6 Å². The lowest BCUT2D eigenvalue weighted by molar-refractivity contribution is -0.137.